The molecule has 1 heterocycles. The van der Waals surface area contributed by atoms with E-state index in [4.69, 9.17) is 10.3 Å². The van der Waals surface area contributed by atoms with Gasteiger partial charge in [-0.25, -0.2) is 9.78 Å². The third-order valence-electron chi connectivity index (χ3n) is 2.18. The number of carbonyl (C=O) groups excluding carboxylic acids is 1. The third-order valence-corrected chi connectivity index (χ3v) is 3.10. The number of hydrogen-bond acceptors (Lipinski definition) is 5. The fraction of sp³-hybridized carbons (Fsp3) is 0.455. The number of imidazole rings is 1. The highest BCUT2D eigenvalue weighted by molar-refractivity contribution is 7.99. The molecular weight excluding hydrogens is 266 g/mol. The van der Waals surface area contributed by atoms with Crippen LogP contribution in [0.1, 0.15) is 19.5 Å². The van der Waals surface area contributed by atoms with E-state index in [0.717, 1.165) is 10.9 Å². The van der Waals surface area contributed by atoms with E-state index < -0.39 is 5.97 Å². The Hall–Kier alpha value is -1.92. The van der Waals surface area contributed by atoms with Crippen molar-refractivity contribution in [3.8, 4) is 0 Å². The Morgan fingerprint density at radius 2 is 2.42 bits per heavy atom. The van der Waals surface area contributed by atoms with Gasteiger partial charge in [-0.3, -0.25) is 0 Å². The van der Waals surface area contributed by atoms with Crippen LogP contribution >= 0.6 is 11.8 Å². The van der Waals surface area contributed by atoms with Gasteiger partial charge in [0.2, 0.25) is 0 Å². The molecule has 0 aliphatic rings. The van der Waals surface area contributed by atoms with Gasteiger partial charge in [0.25, 0.3) is 0 Å². The predicted molar refractivity (Wildman–Crippen MR) is 73.4 cm³/mol. The lowest BCUT2D eigenvalue weighted by Gasteiger charge is -2.03. The van der Waals surface area contributed by atoms with Gasteiger partial charge in [-0.2, -0.15) is 0 Å². The largest absolute Gasteiger partial charge is 0.462 e. The van der Waals surface area contributed by atoms with Crippen LogP contribution in [0.5, 0.6) is 0 Å². The minimum atomic E-state index is -0.647. The Morgan fingerprint density at radius 3 is 3.00 bits per heavy atom. The number of rotatable bonds is 6. The predicted octanol–water partition coefficient (Wildman–Crippen LogP) is 2.75. The highest BCUT2D eigenvalue weighted by Crippen LogP contribution is 2.18. The maximum absolute atomic E-state index is 11.6. The lowest BCUT2D eigenvalue weighted by Crippen LogP contribution is -2.06. The summed E-state index contributed by atoms with van der Waals surface area (Å²) in [5, 5.41) is 4.18. The van der Waals surface area contributed by atoms with Gasteiger partial charge < -0.3 is 9.30 Å². The van der Waals surface area contributed by atoms with Gasteiger partial charge in [0, 0.05) is 12.0 Å². The molecule has 1 rings (SSSR count). The molecule has 0 aliphatic carbocycles. The molecule has 19 heavy (non-hydrogen) atoms. The van der Waals surface area contributed by atoms with E-state index in [1.165, 1.54) is 6.08 Å². The summed E-state index contributed by atoms with van der Waals surface area (Å²) in [7, 11) is 1.83. The maximum atomic E-state index is 11.6. The van der Waals surface area contributed by atoms with E-state index >= 15 is 0 Å². The van der Waals surface area contributed by atoms with Gasteiger partial charge in [-0.15, -0.1) is 0 Å². The molecule has 0 spiro atoms. The summed E-state index contributed by atoms with van der Waals surface area (Å²) in [5.41, 5.74) is 9.06. The van der Waals surface area contributed by atoms with Crippen molar-refractivity contribution in [2.45, 2.75) is 19.0 Å². The topological polar surface area (TPSA) is 92.9 Å². The molecule has 0 amide bonds. The molecule has 0 saturated carbocycles. The van der Waals surface area contributed by atoms with Gasteiger partial charge in [-0.1, -0.05) is 23.8 Å². The van der Waals surface area contributed by atoms with Gasteiger partial charge >= 0.3 is 5.97 Å². The van der Waals surface area contributed by atoms with Crippen molar-refractivity contribution >= 4 is 23.8 Å². The van der Waals surface area contributed by atoms with E-state index in [1.54, 1.807) is 24.9 Å². The first-order valence-corrected chi connectivity index (χ1v) is 6.71. The van der Waals surface area contributed by atoms with Crippen molar-refractivity contribution < 1.29 is 9.53 Å². The standard InChI is InChI=1S/C11H15N5O2S/c1-4-18-10(17)9(14-15-12)6-8-7-13-11(16(8)3)19-5-2/h6-7H,4-5H2,1-3H3/b9-6-. The molecule has 8 heteroatoms. The van der Waals surface area contributed by atoms with Gasteiger partial charge in [0.1, 0.15) is 5.70 Å². The summed E-state index contributed by atoms with van der Waals surface area (Å²) in [6.45, 7) is 3.93. The van der Waals surface area contributed by atoms with Crippen LogP contribution in [-0.4, -0.2) is 27.9 Å². The summed E-state index contributed by atoms with van der Waals surface area (Å²) in [6, 6.07) is 0. The van der Waals surface area contributed by atoms with Crippen LogP contribution in [0, 0.1) is 0 Å². The zero-order valence-corrected chi connectivity index (χ0v) is 11.8. The lowest BCUT2D eigenvalue weighted by atomic mass is 10.3. The van der Waals surface area contributed by atoms with Crippen LogP contribution < -0.4 is 0 Å². The molecule has 0 radical (unpaired) electrons. The van der Waals surface area contributed by atoms with Crippen LogP contribution in [0.3, 0.4) is 0 Å². The van der Waals surface area contributed by atoms with E-state index in [9.17, 15) is 4.79 Å². The Labute approximate surface area is 115 Å². The lowest BCUT2D eigenvalue weighted by molar-refractivity contribution is -0.138. The van der Waals surface area contributed by atoms with Gasteiger partial charge in [0.15, 0.2) is 5.16 Å². The number of thioether (sulfide) groups is 1. The SMILES string of the molecule is CCOC(=O)/C(=C/c1cnc(SCC)n1C)N=[N+]=[N-]. The molecule has 0 N–H and O–H groups in total. The Bertz CT molecular complexity index is 531. The van der Waals surface area contributed by atoms with Crippen LogP contribution in [0.4, 0.5) is 0 Å². The maximum Gasteiger partial charge on any atom is 0.340 e. The molecule has 0 fully saturated rings. The zero-order valence-electron chi connectivity index (χ0n) is 11.0. The van der Waals surface area contributed by atoms with Crippen molar-refractivity contribution in [3.63, 3.8) is 0 Å². The summed E-state index contributed by atoms with van der Waals surface area (Å²) in [5.74, 6) is 0.251. The van der Waals surface area contributed by atoms with Gasteiger partial charge in [-0.05, 0) is 24.3 Å². The number of nitrogens with zero attached hydrogens (tertiary/aromatic N) is 5. The quantitative estimate of drug-likeness (QED) is 0.200. The number of hydrogen-bond donors (Lipinski definition) is 0. The molecule has 0 unspecified atom stereocenters. The summed E-state index contributed by atoms with van der Waals surface area (Å²) in [6.07, 6.45) is 3.08. The minimum absolute atomic E-state index is 0.0830. The first-order valence-electron chi connectivity index (χ1n) is 5.72. The molecular formula is C11H15N5O2S. The monoisotopic (exact) mass is 281 g/mol. The molecule has 1 aromatic heterocycles. The van der Waals surface area contributed by atoms with Crippen LogP contribution in [0.15, 0.2) is 22.2 Å². The van der Waals surface area contributed by atoms with Crippen molar-refractivity contribution in [2.75, 3.05) is 12.4 Å². The number of aromatic nitrogens is 2. The van der Waals surface area contributed by atoms with Crippen molar-refractivity contribution in [2.24, 2.45) is 12.2 Å². The molecule has 1 aromatic rings. The van der Waals surface area contributed by atoms with Crippen molar-refractivity contribution in [1.29, 1.82) is 0 Å². The molecule has 0 saturated heterocycles. The Balaban J connectivity index is 3.08. The number of ether oxygens (including phenoxy) is 1. The fourth-order valence-electron chi connectivity index (χ4n) is 1.32. The fourth-order valence-corrected chi connectivity index (χ4v) is 2.01. The third kappa shape index (κ3) is 4.04. The van der Waals surface area contributed by atoms with E-state index in [1.807, 2.05) is 18.5 Å². The smallest absolute Gasteiger partial charge is 0.340 e. The highest BCUT2D eigenvalue weighted by Gasteiger charge is 2.11. The Morgan fingerprint density at radius 1 is 1.68 bits per heavy atom. The minimum Gasteiger partial charge on any atom is -0.462 e. The second-order valence-corrected chi connectivity index (χ2v) is 4.63. The molecule has 0 atom stereocenters. The second-order valence-electron chi connectivity index (χ2n) is 3.40. The molecule has 7 nitrogen and oxygen atoms in total. The highest BCUT2D eigenvalue weighted by atomic mass is 32.2. The number of carbonyl (C=O) groups is 1. The number of azide groups is 1. The normalized spacial score (nSPS) is 11.0. The van der Waals surface area contributed by atoms with Crippen LogP contribution in [0.2, 0.25) is 0 Å². The average molecular weight is 281 g/mol. The van der Waals surface area contributed by atoms with Crippen molar-refractivity contribution in [3.05, 3.63) is 28.0 Å². The van der Waals surface area contributed by atoms with E-state index in [-0.39, 0.29) is 12.3 Å². The average Bonchev–Trinajstić information content (AvgIpc) is 2.72. The molecule has 0 aromatic carbocycles. The second kappa shape index (κ2) is 7.50. The summed E-state index contributed by atoms with van der Waals surface area (Å²) in [4.78, 5) is 18.4. The van der Waals surface area contributed by atoms with Crippen molar-refractivity contribution in [1.82, 2.24) is 9.55 Å². The molecule has 0 aliphatic heterocycles. The first kappa shape index (κ1) is 15.1. The first-order chi connectivity index (χ1) is 9.13. The molecule has 102 valence electrons. The van der Waals surface area contributed by atoms with E-state index in [2.05, 4.69) is 15.0 Å². The molecule has 0 bridgehead atoms. The van der Waals surface area contributed by atoms with Gasteiger partial charge in [0.05, 0.1) is 18.5 Å². The van der Waals surface area contributed by atoms with Crippen LogP contribution in [0.25, 0.3) is 16.5 Å². The zero-order chi connectivity index (χ0) is 14.3. The summed E-state index contributed by atoms with van der Waals surface area (Å²) < 4.78 is 6.64. The Kier molecular flexibility index (Phi) is 5.98. The number of esters is 1. The summed E-state index contributed by atoms with van der Waals surface area (Å²) >= 11 is 1.58. The van der Waals surface area contributed by atoms with Crippen LogP contribution in [-0.2, 0) is 16.6 Å². The van der Waals surface area contributed by atoms with E-state index in [0.29, 0.717) is 5.69 Å².